The van der Waals surface area contributed by atoms with Gasteiger partial charge in [0.1, 0.15) is 0 Å². The van der Waals surface area contributed by atoms with E-state index in [1.165, 1.54) is 39.5 Å². The summed E-state index contributed by atoms with van der Waals surface area (Å²) in [6.07, 6.45) is 0. The molecule has 0 bridgehead atoms. The highest BCUT2D eigenvalue weighted by atomic mass is 16.5. The van der Waals surface area contributed by atoms with Crippen molar-refractivity contribution in [1.82, 2.24) is 0 Å². The minimum atomic E-state index is -1.13. The summed E-state index contributed by atoms with van der Waals surface area (Å²) in [6.45, 7) is 0. The summed E-state index contributed by atoms with van der Waals surface area (Å²) < 4.78 is 15.8. The highest BCUT2D eigenvalue weighted by Crippen LogP contribution is 2.38. The molecule has 0 saturated carbocycles. The Balaban J connectivity index is 2.03. The van der Waals surface area contributed by atoms with Gasteiger partial charge in [-0.1, -0.05) is 24.3 Å². The molecule has 2 N–H and O–H groups in total. The molecule has 3 rings (SSSR count). The van der Waals surface area contributed by atoms with Gasteiger partial charge in [-0.2, -0.15) is 0 Å². The topological polar surface area (TPSA) is 94.1 Å². The smallest absolute Gasteiger partial charge is 0.337 e. The number of benzene rings is 3. The Bertz CT molecular complexity index is 1030. The lowest BCUT2D eigenvalue weighted by Crippen LogP contribution is -2.15. The second-order valence-electron chi connectivity index (χ2n) is 5.92. The van der Waals surface area contributed by atoms with E-state index in [-0.39, 0.29) is 16.8 Å². The molecule has 3 aromatic carbocycles. The highest BCUT2D eigenvalue weighted by Gasteiger charge is 2.19. The van der Waals surface area contributed by atoms with E-state index in [0.29, 0.717) is 17.2 Å². The molecule has 0 atom stereocenters. The first kappa shape index (κ1) is 19.0. The number of hydrogen-bond acceptors (Lipinski definition) is 5. The third-order valence-corrected chi connectivity index (χ3v) is 4.29. The molecule has 0 fully saturated rings. The van der Waals surface area contributed by atoms with Gasteiger partial charge in [-0.15, -0.1) is 0 Å². The van der Waals surface area contributed by atoms with Gasteiger partial charge in [0.25, 0.3) is 5.91 Å². The van der Waals surface area contributed by atoms with Gasteiger partial charge in [0.2, 0.25) is 5.75 Å². The van der Waals surface area contributed by atoms with Crippen LogP contribution in [0, 0.1) is 0 Å². The molecule has 1 amide bonds. The van der Waals surface area contributed by atoms with Crippen LogP contribution in [0.15, 0.2) is 48.5 Å². The Morgan fingerprint density at radius 3 is 1.93 bits per heavy atom. The Kier molecular flexibility index (Phi) is 5.35. The van der Waals surface area contributed by atoms with Crippen molar-refractivity contribution in [3.05, 3.63) is 59.7 Å². The zero-order valence-electron chi connectivity index (χ0n) is 15.6. The van der Waals surface area contributed by atoms with Crippen LogP contribution in [0.3, 0.4) is 0 Å². The molecular weight excluding hydrogens is 362 g/mol. The molecule has 144 valence electrons. The van der Waals surface area contributed by atoms with Crippen LogP contribution in [0.4, 0.5) is 5.69 Å². The second-order valence-corrected chi connectivity index (χ2v) is 5.92. The van der Waals surface area contributed by atoms with E-state index >= 15 is 0 Å². The Morgan fingerprint density at radius 1 is 0.857 bits per heavy atom. The zero-order chi connectivity index (χ0) is 20.3. The number of anilines is 1. The Labute approximate surface area is 161 Å². The van der Waals surface area contributed by atoms with Gasteiger partial charge in [0.05, 0.1) is 32.6 Å². The Hall–Kier alpha value is -3.74. The largest absolute Gasteiger partial charge is 0.493 e. The number of aromatic carboxylic acids is 1. The number of methoxy groups -OCH3 is 3. The van der Waals surface area contributed by atoms with Gasteiger partial charge >= 0.3 is 5.97 Å². The first-order valence-electron chi connectivity index (χ1n) is 8.36. The van der Waals surface area contributed by atoms with Gasteiger partial charge in [0.15, 0.2) is 11.5 Å². The summed E-state index contributed by atoms with van der Waals surface area (Å²) in [5.74, 6) is -0.630. The maximum absolute atomic E-state index is 12.8. The van der Waals surface area contributed by atoms with E-state index in [2.05, 4.69) is 5.32 Å². The van der Waals surface area contributed by atoms with Crippen LogP contribution in [0.1, 0.15) is 20.7 Å². The van der Waals surface area contributed by atoms with E-state index in [4.69, 9.17) is 14.2 Å². The second kappa shape index (κ2) is 7.87. The number of fused-ring (bicyclic) bond motifs is 1. The Morgan fingerprint density at radius 2 is 1.43 bits per heavy atom. The average molecular weight is 381 g/mol. The molecule has 0 spiro atoms. The normalized spacial score (nSPS) is 10.4. The lowest BCUT2D eigenvalue weighted by Gasteiger charge is -2.15. The van der Waals surface area contributed by atoms with E-state index in [1.54, 1.807) is 6.07 Å². The number of carbonyl (C=O) groups excluding carboxylic acids is 1. The molecule has 28 heavy (non-hydrogen) atoms. The molecule has 0 aliphatic rings. The first-order valence-corrected chi connectivity index (χ1v) is 8.36. The van der Waals surface area contributed by atoms with Gasteiger partial charge in [-0.05, 0) is 35.0 Å². The zero-order valence-corrected chi connectivity index (χ0v) is 15.6. The number of nitrogens with one attached hydrogen (secondary N) is 1. The maximum atomic E-state index is 12.8. The van der Waals surface area contributed by atoms with Crippen LogP contribution in [-0.4, -0.2) is 38.3 Å². The summed E-state index contributed by atoms with van der Waals surface area (Å²) in [5.41, 5.74) is 0.434. The molecule has 0 radical (unpaired) electrons. The molecular formula is C21H19NO6. The predicted octanol–water partition coefficient (Wildman–Crippen LogP) is 3.82. The lowest BCUT2D eigenvalue weighted by molar-refractivity contribution is 0.0698. The SMILES string of the molecule is COc1cc(C(=O)Nc2cc3ccccc3cc2C(=O)O)cc(OC)c1OC. The molecule has 7 nitrogen and oxygen atoms in total. The summed E-state index contributed by atoms with van der Waals surface area (Å²) in [7, 11) is 4.37. The summed E-state index contributed by atoms with van der Waals surface area (Å²) in [5, 5.41) is 13.8. The van der Waals surface area contributed by atoms with E-state index in [9.17, 15) is 14.7 Å². The lowest BCUT2D eigenvalue weighted by atomic mass is 10.0. The van der Waals surface area contributed by atoms with Crippen molar-refractivity contribution >= 4 is 28.3 Å². The molecule has 0 aliphatic heterocycles. The van der Waals surface area contributed by atoms with Gasteiger partial charge in [-0.3, -0.25) is 4.79 Å². The number of carboxylic acid groups (broad SMARTS) is 1. The van der Waals surface area contributed by atoms with Crippen molar-refractivity contribution in [2.24, 2.45) is 0 Å². The highest BCUT2D eigenvalue weighted by molar-refractivity contribution is 6.10. The predicted molar refractivity (Wildman–Crippen MR) is 105 cm³/mol. The van der Waals surface area contributed by atoms with E-state index < -0.39 is 11.9 Å². The number of amides is 1. The van der Waals surface area contributed by atoms with Crippen LogP contribution >= 0.6 is 0 Å². The minimum Gasteiger partial charge on any atom is -0.493 e. The molecule has 3 aromatic rings. The molecule has 7 heteroatoms. The number of carboxylic acids is 1. The molecule has 0 heterocycles. The number of ether oxygens (including phenoxy) is 3. The fourth-order valence-corrected chi connectivity index (χ4v) is 2.93. The fraction of sp³-hybridized carbons (Fsp3) is 0.143. The number of hydrogen-bond donors (Lipinski definition) is 2. The summed E-state index contributed by atoms with van der Waals surface area (Å²) in [4.78, 5) is 24.5. The summed E-state index contributed by atoms with van der Waals surface area (Å²) in [6, 6.07) is 13.5. The van der Waals surface area contributed by atoms with Crippen molar-refractivity contribution in [3.63, 3.8) is 0 Å². The monoisotopic (exact) mass is 381 g/mol. The quantitative estimate of drug-likeness (QED) is 0.674. The van der Waals surface area contributed by atoms with Crippen LogP contribution in [-0.2, 0) is 0 Å². The summed E-state index contributed by atoms with van der Waals surface area (Å²) >= 11 is 0. The molecule has 0 aliphatic carbocycles. The van der Waals surface area contributed by atoms with E-state index in [1.807, 2.05) is 24.3 Å². The van der Waals surface area contributed by atoms with Crippen molar-refractivity contribution in [1.29, 1.82) is 0 Å². The first-order chi connectivity index (χ1) is 13.5. The van der Waals surface area contributed by atoms with Crippen LogP contribution < -0.4 is 19.5 Å². The van der Waals surface area contributed by atoms with Gasteiger partial charge in [-0.25, -0.2) is 4.79 Å². The van der Waals surface area contributed by atoms with Crippen LogP contribution in [0.25, 0.3) is 10.8 Å². The number of carbonyl (C=O) groups is 2. The molecule has 0 unspecified atom stereocenters. The molecule has 0 aromatic heterocycles. The fourth-order valence-electron chi connectivity index (χ4n) is 2.93. The van der Waals surface area contributed by atoms with Gasteiger partial charge in [0, 0.05) is 5.56 Å². The minimum absolute atomic E-state index is 0.000471. The standard InChI is InChI=1S/C21H19NO6/c1-26-17-10-14(11-18(27-2)19(17)28-3)20(23)22-16-9-13-7-5-4-6-12(13)8-15(16)21(24)25/h4-11H,1-3H3,(H,22,23)(H,24,25). The van der Waals surface area contributed by atoms with Gasteiger partial charge < -0.3 is 24.6 Å². The third-order valence-electron chi connectivity index (χ3n) is 4.29. The van der Waals surface area contributed by atoms with Crippen molar-refractivity contribution in [2.45, 2.75) is 0 Å². The number of rotatable bonds is 6. The maximum Gasteiger partial charge on any atom is 0.337 e. The van der Waals surface area contributed by atoms with Crippen molar-refractivity contribution in [3.8, 4) is 17.2 Å². The van der Waals surface area contributed by atoms with Crippen molar-refractivity contribution in [2.75, 3.05) is 26.6 Å². The van der Waals surface area contributed by atoms with E-state index in [0.717, 1.165) is 10.8 Å². The molecule has 0 saturated heterocycles. The average Bonchev–Trinajstić information content (AvgIpc) is 2.71. The van der Waals surface area contributed by atoms with Crippen LogP contribution in [0.5, 0.6) is 17.2 Å². The van der Waals surface area contributed by atoms with Crippen molar-refractivity contribution < 1.29 is 28.9 Å². The third kappa shape index (κ3) is 3.55. The van der Waals surface area contributed by atoms with Crippen LogP contribution in [0.2, 0.25) is 0 Å².